The largest absolute Gasteiger partial charge is 0.459 e. The Hall–Kier alpha value is -3.29. The molecule has 3 aromatic rings. The summed E-state index contributed by atoms with van der Waals surface area (Å²) in [5, 5.41) is 0. The molecule has 8 nitrogen and oxygen atoms in total. The van der Waals surface area contributed by atoms with Crippen LogP contribution in [0.2, 0.25) is 0 Å². The fourth-order valence-corrected chi connectivity index (χ4v) is 4.13. The van der Waals surface area contributed by atoms with Crippen LogP contribution >= 0.6 is 0 Å². The van der Waals surface area contributed by atoms with Crippen LogP contribution in [-0.2, 0) is 4.79 Å². The van der Waals surface area contributed by atoms with E-state index in [0.717, 1.165) is 30.5 Å². The van der Waals surface area contributed by atoms with E-state index in [9.17, 15) is 9.59 Å². The first-order valence-corrected chi connectivity index (χ1v) is 9.94. The smallest absolute Gasteiger partial charge is 0.299 e. The maximum atomic E-state index is 13.2. The van der Waals surface area contributed by atoms with Gasteiger partial charge in [-0.05, 0) is 37.1 Å². The Morgan fingerprint density at radius 3 is 2.52 bits per heavy atom. The van der Waals surface area contributed by atoms with Crippen LogP contribution in [0.15, 0.2) is 51.5 Å². The normalized spacial score (nSPS) is 19.9. The molecule has 0 aliphatic carbocycles. The van der Waals surface area contributed by atoms with Crippen LogP contribution in [0.5, 0.6) is 0 Å². The van der Waals surface area contributed by atoms with Gasteiger partial charge in [-0.3, -0.25) is 9.59 Å². The Labute approximate surface area is 167 Å². The zero-order chi connectivity index (χ0) is 19.8. The summed E-state index contributed by atoms with van der Waals surface area (Å²) in [7, 11) is 0. The molecule has 0 radical (unpaired) electrons. The molecule has 150 valence electrons. The number of benzene rings is 1. The minimum atomic E-state index is -0.268. The van der Waals surface area contributed by atoms with E-state index in [2.05, 4.69) is 4.98 Å². The molecule has 2 aliphatic heterocycles. The molecule has 2 saturated heterocycles. The fourth-order valence-electron chi connectivity index (χ4n) is 4.13. The number of carbonyl (C=O) groups is 2. The van der Waals surface area contributed by atoms with E-state index < -0.39 is 0 Å². The van der Waals surface area contributed by atoms with Crippen LogP contribution < -0.4 is 4.90 Å². The van der Waals surface area contributed by atoms with Gasteiger partial charge in [0, 0.05) is 32.7 Å². The van der Waals surface area contributed by atoms with Gasteiger partial charge in [0.25, 0.3) is 11.9 Å². The first-order valence-electron chi connectivity index (χ1n) is 9.94. The summed E-state index contributed by atoms with van der Waals surface area (Å²) in [4.78, 5) is 35.7. The molecule has 0 spiro atoms. The molecule has 1 atom stereocenters. The molecule has 0 bridgehead atoms. The number of nitrogens with zero attached hydrogens (tertiary/aromatic N) is 4. The number of fused-ring (bicyclic) bond motifs is 1. The Bertz CT molecular complexity index is 987. The summed E-state index contributed by atoms with van der Waals surface area (Å²) < 4.78 is 11.1. The van der Waals surface area contributed by atoms with Crippen molar-refractivity contribution in [2.75, 3.05) is 37.6 Å². The molecule has 8 heteroatoms. The predicted octanol–water partition coefficient (Wildman–Crippen LogP) is 2.37. The van der Waals surface area contributed by atoms with Gasteiger partial charge in [0.15, 0.2) is 11.3 Å². The topological polar surface area (TPSA) is 83.0 Å². The van der Waals surface area contributed by atoms with Crippen molar-refractivity contribution in [3.63, 3.8) is 0 Å². The van der Waals surface area contributed by atoms with Crippen molar-refractivity contribution in [1.82, 2.24) is 14.8 Å². The summed E-state index contributed by atoms with van der Waals surface area (Å²) >= 11 is 0. The number of furan rings is 1. The monoisotopic (exact) mass is 394 g/mol. The van der Waals surface area contributed by atoms with Gasteiger partial charge in [0.05, 0.1) is 6.26 Å². The molecule has 2 aromatic heterocycles. The SMILES string of the molecule is O=C(c1ccco1)N1CCN(C(=O)C2CCCN2c2nc3ccccc3o2)CC1. The Morgan fingerprint density at radius 2 is 1.76 bits per heavy atom. The van der Waals surface area contributed by atoms with E-state index >= 15 is 0 Å². The van der Waals surface area contributed by atoms with Crippen LogP contribution in [0.3, 0.4) is 0 Å². The lowest BCUT2D eigenvalue weighted by atomic mass is 10.1. The number of oxazole rings is 1. The zero-order valence-corrected chi connectivity index (χ0v) is 16.0. The quantitative estimate of drug-likeness (QED) is 0.678. The zero-order valence-electron chi connectivity index (χ0n) is 16.0. The second-order valence-corrected chi connectivity index (χ2v) is 7.41. The van der Waals surface area contributed by atoms with Crippen LogP contribution in [-0.4, -0.2) is 65.4 Å². The minimum Gasteiger partial charge on any atom is -0.459 e. The van der Waals surface area contributed by atoms with E-state index in [-0.39, 0.29) is 17.9 Å². The highest BCUT2D eigenvalue weighted by Crippen LogP contribution is 2.29. The molecule has 5 rings (SSSR count). The molecule has 1 aromatic carbocycles. The molecule has 1 unspecified atom stereocenters. The van der Waals surface area contributed by atoms with E-state index in [1.165, 1.54) is 6.26 Å². The van der Waals surface area contributed by atoms with Crippen LogP contribution in [0.1, 0.15) is 23.4 Å². The molecule has 2 aliphatic rings. The maximum Gasteiger partial charge on any atom is 0.299 e. The van der Waals surface area contributed by atoms with E-state index in [1.54, 1.807) is 17.0 Å². The van der Waals surface area contributed by atoms with E-state index in [1.807, 2.05) is 34.1 Å². The highest BCUT2D eigenvalue weighted by molar-refractivity contribution is 5.92. The number of para-hydroxylation sites is 2. The highest BCUT2D eigenvalue weighted by atomic mass is 16.4. The first kappa shape index (κ1) is 17.8. The van der Waals surface area contributed by atoms with Crippen molar-refractivity contribution in [3.05, 3.63) is 48.4 Å². The van der Waals surface area contributed by atoms with Crippen molar-refractivity contribution >= 4 is 28.9 Å². The van der Waals surface area contributed by atoms with Gasteiger partial charge >= 0.3 is 0 Å². The first-order chi connectivity index (χ1) is 14.2. The average molecular weight is 394 g/mol. The molecule has 0 N–H and O–H groups in total. The van der Waals surface area contributed by atoms with Crippen molar-refractivity contribution in [2.24, 2.45) is 0 Å². The lowest BCUT2D eigenvalue weighted by Gasteiger charge is -2.36. The van der Waals surface area contributed by atoms with Gasteiger partial charge in [0.2, 0.25) is 5.91 Å². The number of anilines is 1. The molecular formula is C21H22N4O4. The molecule has 0 saturated carbocycles. The number of rotatable bonds is 3. The summed E-state index contributed by atoms with van der Waals surface area (Å²) in [5.74, 6) is 0.286. The average Bonchev–Trinajstić information content (AvgIpc) is 3.52. The van der Waals surface area contributed by atoms with Crippen molar-refractivity contribution in [2.45, 2.75) is 18.9 Å². The number of piperazine rings is 1. The van der Waals surface area contributed by atoms with Crippen molar-refractivity contribution in [3.8, 4) is 0 Å². The third-order valence-corrected chi connectivity index (χ3v) is 5.68. The summed E-state index contributed by atoms with van der Waals surface area (Å²) in [6.07, 6.45) is 3.20. The van der Waals surface area contributed by atoms with E-state index in [0.29, 0.717) is 38.0 Å². The fraction of sp³-hybridized carbons (Fsp3) is 0.381. The van der Waals surface area contributed by atoms with Gasteiger partial charge in [-0.1, -0.05) is 12.1 Å². The Morgan fingerprint density at radius 1 is 0.966 bits per heavy atom. The van der Waals surface area contributed by atoms with Crippen LogP contribution in [0.4, 0.5) is 6.01 Å². The van der Waals surface area contributed by atoms with Gasteiger partial charge in [-0.2, -0.15) is 4.98 Å². The molecule has 2 amide bonds. The van der Waals surface area contributed by atoms with Gasteiger partial charge in [-0.15, -0.1) is 0 Å². The number of aromatic nitrogens is 1. The minimum absolute atomic E-state index is 0.0786. The highest BCUT2D eigenvalue weighted by Gasteiger charge is 2.37. The molecule has 2 fully saturated rings. The Balaban J connectivity index is 1.26. The lowest BCUT2D eigenvalue weighted by molar-refractivity contribution is -0.133. The van der Waals surface area contributed by atoms with Gasteiger partial charge in [0.1, 0.15) is 11.6 Å². The third-order valence-electron chi connectivity index (χ3n) is 5.68. The number of hydrogen-bond donors (Lipinski definition) is 0. The van der Waals surface area contributed by atoms with Gasteiger partial charge in [-0.25, -0.2) is 0 Å². The van der Waals surface area contributed by atoms with Crippen LogP contribution in [0.25, 0.3) is 11.1 Å². The summed E-state index contributed by atoms with van der Waals surface area (Å²) in [6.45, 7) is 2.79. The number of amides is 2. The summed E-state index contributed by atoms with van der Waals surface area (Å²) in [5.41, 5.74) is 1.52. The second kappa shape index (κ2) is 7.27. The lowest BCUT2D eigenvalue weighted by Crippen LogP contribution is -2.54. The van der Waals surface area contributed by atoms with Crippen molar-refractivity contribution in [1.29, 1.82) is 0 Å². The van der Waals surface area contributed by atoms with Gasteiger partial charge < -0.3 is 23.5 Å². The molecular weight excluding hydrogens is 372 g/mol. The van der Waals surface area contributed by atoms with Crippen LogP contribution in [0, 0.1) is 0 Å². The second-order valence-electron chi connectivity index (χ2n) is 7.41. The number of hydrogen-bond acceptors (Lipinski definition) is 6. The summed E-state index contributed by atoms with van der Waals surface area (Å²) in [6, 6.07) is 11.2. The Kier molecular flexibility index (Phi) is 4.46. The maximum absolute atomic E-state index is 13.2. The van der Waals surface area contributed by atoms with Crippen molar-refractivity contribution < 1.29 is 18.4 Å². The third kappa shape index (κ3) is 3.24. The predicted molar refractivity (Wildman–Crippen MR) is 106 cm³/mol. The standard InChI is InChI=1S/C21H22N4O4/c26-19(23-10-12-24(13-11-23)20(27)18-8-4-14-28-18)16-6-3-9-25(16)21-22-15-5-1-2-7-17(15)29-21/h1-2,4-5,7-8,14,16H,3,6,9-13H2. The molecule has 4 heterocycles. The number of carbonyl (C=O) groups excluding carboxylic acids is 2. The molecule has 29 heavy (non-hydrogen) atoms. The van der Waals surface area contributed by atoms with E-state index in [4.69, 9.17) is 8.83 Å².